The molecule has 0 aromatic carbocycles. The van der Waals surface area contributed by atoms with Crippen molar-refractivity contribution >= 4 is 11.8 Å². The van der Waals surface area contributed by atoms with Gasteiger partial charge in [-0.3, -0.25) is 0 Å². The lowest BCUT2D eigenvalue weighted by atomic mass is 9.97. The second-order valence-electron chi connectivity index (χ2n) is 6.29. The van der Waals surface area contributed by atoms with Crippen molar-refractivity contribution in [3.8, 4) is 0 Å². The van der Waals surface area contributed by atoms with Gasteiger partial charge < -0.3 is 4.74 Å². The number of ether oxygens (including phenoxy) is 1. The number of hydrogen-bond acceptors (Lipinski definition) is 2. The molecule has 0 N–H and O–H groups in total. The van der Waals surface area contributed by atoms with E-state index in [1.807, 2.05) is 11.8 Å². The molecule has 19 heavy (non-hydrogen) atoms. The van der Waals surface area contributed by atoms with Crippen molar-refractivity contribution in [3.05, 3.63) is 46.4 Å². The SMILES string of the molecule is CC1=CCC(OC(C)(C)C)(SC2=CCC=C2)C(C)=C1. The Kier molecular flexibility index (Phi) is 4.12. The topological polar surface area (TPSA) is 9.23 Å². The van der Waals surface area contributed by atoms with Crippen LogP contribution in [0.15, 0.2) is 46.4 Å². The van der Waals surface area contributed by atoms with E-state index in [1.54, 1.807) is 0 Å². The largest absolute Gasteiger partial charge is 0.354 e. The molecule has 0 saturated carbocycles. The lowest BCUT2D eigenvalue weighted by Gasteiger charge is -2.41. The van der Waals surface area contributed by atoms with Crippen LogP contribution in [-0.2, 0) is 4.74 Å². The Labute approximate surface area is 121 Å². The average molecular weight is 276 g/mol. The van der Waals surface area contributed by atoms with Crippen LogP contribution in [0.1, 0.15) is 47.5 Å². The van der Waals surface area contributed by atoms with Crippen LogP contribution in [0.5, 0.6) is 0 Å². The van der Waals surface area contributed by atoms with E-state index in [1.165, 1.54) is 16.1 Å². The van der Waals surface area contributed by atoms with Crippen molar-refractivity contribution in [1.29, 1.82) is 0 Å². The molecule has 2 aliphatic carbocycles. The van der Waals surface area contributed by atoms with E-state index in [-0.39, 0.29) is 10.5 Å². The van der Waals surface area contributed by atoms with Crippen LogP contribution in [0.2, 0.25) is 0 Å². The molecule has 1 unspecified atom stereocenters. The molecule has 0 aliphatic heterocycles. The van der Waals surface area contributed by atoms with Crippen LogP contribution < -0.4 is 0 Å². The highest BCUT2D eigenvalue weighted by Crippen LogP contribution is 2.48. The van der Waals surface area contributed by atoms with E-state index >= 15 is 0 Å². The van der Waals surface area contributed by atoms with Crippen LogP contribution in [0.25, 0.3) is 0 Å². The molecule has 0 radical (unpaired) electrons. The summed E-state index contributed by atoms with van der Waals surface area (Å²) in [6, 6.07) is 0. The van der Waals surface area contributed by atoms with E-state index in [9.17, 15) is 0 Å². The van der Waals surface area contributed by atoms with Crippen LogP contribution in [-0.4, -0.2) is 10.5 Å². The second kappa shape index (κ2) is 5.34. The zero-order valence-corrected chi connectivity index (χ0v) is 13.4. The maximum absolute atomic E-state index is 6.46. The summed E-state index contributed by atoms with van der Waals surface area (Å²) in [6.07, 6.45) is 13.2. The van der Waals surface area contributed by atoms with Gasteiger partial charge >= 0.3 is 0 Å². The first kappa shape index (κ1) is 14.7. The molecule has 0 aromatic heterocycles. The van der Waals surface area contributed by atoms with Crippen molar-refractivity contribution < 1.29 is 4.74 Å². The van der Waals surface area contributed by atoms with Gasteiger partial charge in [0.15, 0.2) is 0 Å². The van der Waals surface area contributed by atoms with Gasteiger partial charge in [-0.1, -0.05) is 47.7 Å². The third-order valence-electron chi connectivity index (χ3n) is 3.23. The van der Waals surface area contributed by atoms with Crippen LogP contribution in [0.4, 0.5) is 0 Å². The van der Waals surface area contributed by atoms with Gasteiger partial charge in [-0.25, -0.2) is 0 Å². The van der Waals surface area contributed by atoms with Crippen LogP contribution in [0.3, 0.4) is 0 Å². The Morgan fingerprint density at radius 2 is 1.95 bits per heavy atom. The maximum atomic E-state index is 6.46. The quantitative estimate of drug-likeness (QED) is 0.641. The summed E-state index contributed by atoms with van der Waals surface area (Å²) in [5.74, 6) is 0. The van der Waals surface area contributed by atoms with E-state index in [2.05, 4.69) is 65.0 Å². The maximum Gasteiger partial charge on any atom is 0.143 e. The van der Waals surface area contributed by atoms with Gasteiger partial charge in [0.05, 0.1) is 5.60 Å². The number of rotatable bonds is 3. The third-order valence-corrected chi connectivity index (χ3v) is 4.67. The average Bonchev–Trinajstić information content (AvgIpc) is 2.74. The van der Waals surface area contributed by atoms with E-state index < -0.39 is 0 Å². The highest BCUT2D eigenvalue weighted by Gasteiger charge is 2.39. The van der Waals surface area contributed by atoms with Crippen LogP contribution >= 0.6 is 11.8 Å². The van der Waals surface area contributed by atoms with Gasteiger partial charge in [-0.2, -0.15) is 0 Å². The number of hydrogen-bond donors (Lipinski definition) is 0. The molecule has 0 fully saturated rings. The Morgan fingerprint density at radius 3 is 2.47 bits per heavy atom. The fourth-order valence-corrected chi connectivity index (χ4v) is 3.83. The van der Waals surface area contributed by atoms with Crippen molar-refractivity contribution in [2.24, 2.45) is 0 Å². The molecule has 2 rings (SSSR count). The zero-order valence-electron chi connectivity index (χ0n) is 12.6. The van der Waals surface area contributed by atoms with Crippen LogP contribution in [0, 0.1) is 0 Å². The first-order valence-electron chi connectivity index (χ1n) is 6.92. The normalized spacial score (nSPS) is 27.1. The minimum atomic E-state index is -0.252. The van der Waals surface area contributed by atoms with E-state index in [0.29, 0.717) is 0 Å². The minimum absolute atomic E-state index is 0.149. The standard InChI is InChI=1S/C17H24OS/c1-13-10-11-17(14(2)12-13,18-16(3,4)5)19-15-8-6-7-9-15/h6,8-10,12H,7,11H2,1-5H3. The molecule has 0 bridgehead atoms. The van der Waals surface area contributed by atoms with Gasteiger partial charge in [0, 0.05) is 11.3 Å². The van der Waals surface area contributed by atoms with Crippen molar-refractivity contribution in [1.82, 2.24) is 0 Å². The minimum Gasteiger partial charge on any atom is -0.354 e. The zero-order chi connectivity index (χ0) is 14.1. The van der Waals surface area contributed by atoms with Crippen molar-refractivity contribution in [3.63, 3.8) is 0 Å². The third kappa shape index (κ3) is 3.64. The summed E-state index contributed by atoms with van der Waals surface area (Å²) in [7, 11) is 0. The predicted molar refractivity (Wildman–Crippen MR) is 85.1 cm³/mol. The molecule has 0 spiro atoms. The summed E-state index contributed by atoms with van der Waals surface area (Å²) in [4.78, 5) is 1.07. The smallest absolute Gasteiger partial charge is 0.143 e. The molecule has 1 nitrogen and oxygen atoms in total. The van der Waals surface area contributed by atoms with Crippen molar-refractivity contribution in [2.45, 2.75) is 58.0 Å². The van der Waals surface area contributed by atoms with Gasteiger partial charge in [-0.05, 0) is 46.6 Å². The molecule has 2 heteroatoms. The highest BCUT2D eigenvalue weighted by molar-refractivity contribution is 8.04. The molecule has 0 amide bonds. The molecule has 2 aliphatic rings. The Balaban J connectivity index is 2.28. The summed E-state index contributed by atoms with van der Waals surface area (Å²) in [6.45, 7) is 10.7. The van der Waals surface area contributed by atoms with Gasteiger partial charge in [0.1, 0.15) is 4.93 Å². The van der Waals surface area contributed by atoms with Gasteiger partial charge in [0.25, 0.3) is 0 Å². The number of allylic oxidation sites excluding steroid dienone is 5. The molecular weight excluding hydrogens is 252 g/mol. The van der Waals surface area contributed by atoms with E-state index in [0.717, 1.165) is 12.8 Å². The van der Waals surface area contributed by atoms with E-state index in [4.69, 9.17) is 4.74 Å². The first-order valence-corrected chi connectivity index (χ1v) is 7.74. The summed E-state index contributed by atoms with van der Waals surface area (Å²) in [5.41, 5.74) is 2.50. The van der Waals surface area contributed by atoms with Crippen molar-refractivity contribution in [2.75, 3.05) is 0 Å². The fourth-order valence-electron chi connectivity index (χ4n) is 2.43. The second-order valence-corrected chi connectivity index (χ2v) is 7.63. The first-order chi connectivity index (χ1) is 8.81. The summed E-state index contributed by atoms with van der Waals surface area (Å²) in [5, 5.41) is 0. The molecule has 104 valence electrons. The highest BCUT2D eigenvalue weighted by atomic mass is 32.2. The summed E-state index contributed by atoms with van der Waals surface area (Å²) < 4.78 is 6.46. The fraction of sp³-hybridized carbons (Fsp3) is 0.529. The lowest BCUT2D eigenvalue weighted by molar-refractivity contribution is -0.0608. The molecular formula is C17H24OS. The number of thioether (sulfide) groups is 1. The molecule has 1 atom stereocenters. The molecule has 0 saturated heterocycles. The Morgan fingerprint density at radius 1 is 1.21 bits per heavy atom. The predicted octanol–water partition coefficient (Wildman–Crippen LogP) is 5.37. The van der Waals surface area contributed by atoms with Gasteiger partial charge in [0.2, 0.25) is 0 Å². The monoisotopic (exact) mass is 276 g/mol. The lowest BCUT2D eigenvalue weighted by Crippen LogP contribution is -2.39. The van der Waals surface area contributed by atoms with Gasteiger partial charge in [-0.15, -0.1) is 0 Å². The molecule has 0 aromatic rings. The Hall–Kier alpha value is -0.730. The Bertz CT molecular complexity index is 474. The summed E-state index contributed by atoms with van der Waals surface area (Å²) >= 11 is 1.85. The molecule has 0 heterocycles.